The molecule has 0 saturated heterocycles. The van der Waals surface area contributed by atoms with Gasteiger partial charge in [0, 0.05) is 26.2 Å². The lowest BCUT2D eigenvalue weighted by Crippen LogP contribution is -2.58. The van der Waals surface area contributed by atoms with Crippen LogP contribution in [-0.2, 0) is 27.1 Å². The molecule has 0 fully saturated rings. The minimum absolute atomic E-state index is 0.00635. The summed E-state index contributed by atoms with van der Waals surface area (Å²) >= 11 is 1.98. The number of fused-ring (bicyclic) bond motifs is 7. The van der Waals surface area contributed by atoms with E-state index in [0.29, 0.717) is 0 Å². The lowest BCUT2D eigenvalue weighted by molar-refractivity contribution is 0.402. The van der Waals surface area contributed by atoms with Crippen molar-refractivity contribution in [3.63, 3.8) is 0 Å². The largest absolute Gasteiger partial charge is 0.458 e. The summed E-state index contributed by atoms with van der Waals surface area (Å²) in [6, 6.07) is 26.2. The van der Waals surface area contributed by atoms with Gasteiger partial charge < -0.3 is 9.64 Å². The van der Waals surface area contributed by atoms with Crippen LogP contribution in [0.2, 0.25) is 0 Å². The molecule has 1 aromatic heterocycles. The average Bonchev–Trinajstić information content (AvgIpc) is 3.45. The normalized spacial score (nSPS) is 17.4. The molecule has 3 aliphatic rings. The Balaban J connectivity index is 1.47. The van der Waals surface area contributed by atoms with Crippen LogP contribution in [0, 0.1) is 0 Å². The number of ether oxygens (including phenoxy) is 1. The summed E-state index contributed by atoms with van der Waals surface area (Å²) in [5.41, 5.74) is 13.7. The maximum Gasteiger partial charge on any atom is 0.268 e. The van der Waals surface area contributed by atoms with E-state index in [-0.39, 0.29) is 33.8 Å². The van der Waals surface area contributed by atoms with E-state index >= 15 is 0 Å². The highest BCUT2D eigenvalue weighted by molar-refractivity contribution is 7.33. The van der Waals surface area contributed by atoms with Crippen LogP contribution in [0.25, 0.3) is 10.1 Å². The lowest BCUT2D eigenvalue weighted by atomic mass is 9.36. The van der Waals surface area contributed by atoms with Crippen LogP contribution < -0.4 is 25.3 Å². The molecular formula is C45H52BNOS. The fourth-order valence-electron chi connectivity index (χ4n) is 8.97. The van der Waals surface area contributed by atoms with Crippen molar-refractivity contribution in [2.45, 2.75) is 124 Å². The summed E-state index contributed by atoms with van der Waals surface area (Å²) < 4.78 is 9.74. The van der Waals surface area contributed by atoms with Gasteiger partial charge in [-0.25, -0.2) is 0 Å². The number of thiophene rings is 1. The van der Waals surface area contributed by atoms with Crippen molar-refractivity contribution >= 4 is 60.9 Å². The van der Waals surface area contributed by atoms with Gasteiger partial charge in [-0.05, 0) is 115 Å². The molecule has 0 atom stereocenters. The third-order valence-electron chi connectivity index (χ3n) is 11.5. The molecular weight excluding hydrogens is 613 g/mol. The van der Waals surface area contributed by atoms with E-state index in [2.05, 4.69) is 162 Å². The molecule has 0 unspecified atom stereocenters. The molecule has 2 nitrogen and oxygen atoms in total. The van der Waals surface area contributed by atoms with Gasteiger partial charge in [0.2, 0.25) is 0 Å². The van der Waals surface area contributed by atoms with E-state index in [1.807, 2.05) is 11.3 Å². The van der Waals surface area contributed by atoms with Crippen LogP contribution in [-0.4, -0.2) is 6.71 Å². The van der Waals surface area contributed by atoms with Crippen LogP contribution in [0.1, 0.15) is 124 Å². The fraction of sp³-hybridized carbons (Fsp3) is 0.422. The van der Waals surface area contributed by atoms with Crippen molar-refractivity contribution in [1.82, 2.24) is 0 Å². The SMILES string of the molecule is CC(C)(C)c1cc(N2c3cccc4c3B(c3cc5c(cc3O4)C(C)(C)CC5(C)C)c3sc4ccc(C(C)(C)C)cc4c32)cc(C(C)(C)C)c1. The number of benzene rings is 4. The Bertz CT molecular complexity index is 2160. The number of hydrogen-bond donors (Lipinski definition) is 0. The second-order valence-corrected chi connectivity index (χ2v) is 20.6. The predicted molar refractivity (Wildman–Crippen MR) is 214 cm³/mol. The molecule has 2 aliphatic heterocycles. The molecule has 49 heavy (non-hydrogen) atoms. The average molecular weight is 666 g/mol. The zero-order chi connectivity index (χ0) is 35.2. The smallest absolute Gasteiger partial charge is 0.268 e. The van der Waals surface area contributed by atoms with Crippen molar-refractivity contribution in [1.29, 1.82) is 0 Å². The first-order chi connectivity index (χ1) is 22.6. The summed E-state index contributed by atoms with van der Waals surface area (Å²) in [4.78, 5) is 2.59. The third-order valence-corrected chi connectivity index (χ3v) is 12.8. The molecule has 4 aromatic carbocycles. The van der Waals surface area contributed by atoms with Gasteiger partial charge in [0.15, 0.2) is 0 Å². The molecule has 1 aliphatic carbocycles. The summed E-state index contributed by atoms with van der Waals surface area (Å²) in [7, 11) is 0. The maximum absolute atomic E-state index is 6.98. The van der Waals surface area contributed by atoms with Gasteiger partial charge in [-0.15, -0.1) is 11.3 Å². The Morgan fingerprint density at radius 3 is 1.90 bits per heavy atom. The van der Waals surface area contributed by atoms with E-state index in [9.17, 15) is 0 Å². The van der Waals surface area contributed by atoms with Gasteiger partial charge in [-0.3, -0.25) is 0 Å². The Labute approximate surface area is 299 Å². The zero-order valence-electron chi connectivity index (χ0n) is 31.9. The van der Waals surface area contributed by atoms with Crippen LogP contribution in [0.4, 0.5) is 17.1 Å². The molecule has 8 rings (SSSR count). The minimum Gasteiger partial charge on any atom is -0.458 e. The van der Waals surface area contributed by atoms with Gasteiger partial charge in [-0.1, -0.05) is 114 Å². The van der Waals surface area contributed by atoms with Crippen LogP contribution >= 0.6 is 11.3 Å². The van der Waals surface area contributed by atoms with Crippen molar-refractivity contribution in [2.75, 3.05) is 4.90 Å². The second kappa shape index (κ2) is 10.1. The molecule has 0 radical (unpaired) electrons. The van der Waals surface area contributed by atoms with Gasteiger partial charge in [-0.2, -0.15) is 0 Å². The lowest BCUT2D eigenvalue weighted by Gasteiger charge is -2.40. The minimum atomic E-state index is 0.00635. The molecule has 252 valence electrons. The van der Waals surface area contributed by atoms with Crippen LogP contribution in [0.15, 0.2) is 66.7 Å². The Kier molecular flexibility index (Phi) is 6.71. The summed E-state index contributed by atoms with van der Waals surface area (Å²) in [6.07, 6.45) is 1.14. The molecule has 0 spiro atoms. The zero-order valence-corrected chi connectivity index (χ0v) is 32.7. The Morgan fingerprint density at radius 2 is 1.29 bits per heavy atom. The molecule has 3 heterocycles. The van der Waals surface area contributed by atoms with Gasteiger partial charge >= 0.3 is 0 Å². The van der Waals surface area contributed by atoms with E-state index < -0.39 is 0 Å². The van der Waals surface area contributed by atoms with Crippen molar-refractivity contribution < 1.29 is 4.74 Å². The van der Waals surface area contributed by atoms with E-state index in [4.69, 9.17) is 4.74 Å². The first kappa shape index (κ1) is 32.7. The highest BCUT2D eigenvalue weighted by atomic mass is 32.1. The summed E-state index contributed by atoms with van der Waals surface area (Å²) in [5.74, 6) is 2.01. The highest BCUT2D eigenvalue weighted by Crippen LogP contribution is 2.52. The van der Waals surface area contributed by atoms with Crippen LogP contribution in [0.3, 0.4) is 0 Å². The number of anilines is 3. The predicted octanol–water partition coefficient (Wildman–Crippen LogP) is 11.2. The molecule has 0 saturated carbocycles. The molecule has 0 amide bonds. The van der Waals surface area contributed by atoms with Crippen LogP contribution in [0.5, 0.6) is 11.5 Å². The summed E-state index contributed by atoms with van der Waals surface area (Å²) in [6.45, 7) is 30.7. The van der Waals surface area contributed by atoms with Gasteiger partial charge in [0.1, 0.15) is 11.5 Å². The van der Waals surface area contributed by atoms with Gasteiger partial charge in [0.05, 0.1) is 5.69 Å². The highest BCUT2D eigenvalue weighted by Gasteiger charge is 2.48. The summed E-state index contributed by atoms with van der Waals surface area (Å²) in [5, 5.41) is 1.35. The maximum atomic E-state index is 6.98. The molecule has 0 N–H and O–H groups in total. The van der Waals surface area contributed by atoms with E-state index in [1.54, 1.807) is 0 Å². The molecule has 4 heteroatoms. The monoisotopic (exact) mass is 665 g/mol. The fourth-order valence-corrected chi connectivity index (χ4v) is 10.3. The Hall–Kier alpha value is -3.50. The van der Waals surface area contributed by atoms with Crippen molar-refractivity contribution in [2.24, 2.45) is 0 Å². The Morgan fingerprint density at radius 1 is 0.673 bits per heavy atom. The quantitative estimate of drug-likeness (QED) is 0.162. The standard InChI is InChI=1S/C45H52BNOS/c1-41(2,3)26-17-18-37-30(22-26)39-40(49-37)46-33-23-31-32(45(12,13)25-44(31,10)11)24-36(33)48-35-16-14-15-34(38(35)46)47(39)29-20-27(42(4,5)6)19-28(21-29)43(7,8)9/h14-24H,25H2,1-13H3. The van der Waals surface area contributed by atoms with Crippen molar-refractivity contribution in [3.05, 3.63) is 94.5 Å². The number of nitrogens with zero attached hydrogens (tertiary/aromatic N) is 1. The molecule has 0 bridgehead atoms. The van der Waals surface area contributed by atoms with E-state index in [0.717, 1.165) is 17.9 Å². The number of rotatable bonds is 1. The third kappa shape index (κ3) is 4.95. The van der Waals surface area contributed by atoms with Crippen molar-refractivity contribution in [3.8, 4) is 11.5 Å². The number of hydrogen-bond acceptors (Lipinski definition) is 3. The topological polar surface area (TPSA) is 12.5 Å². The first-order valence-corrected chi connectivity index (χ1v) is 19.0. The molecule has 5 aromatic rings. The second-order valence-electron chi connectivity index (χ2n) is 19.5. The van der Waals surface area contributed by atoms with Gasteiger partial charge in [0.25, 0.3) is 6.71 Å². The first-order valence-electron chi connectivity index (χ1n) is 18.2. The van der Waals surface area contributed by atoms with E-state index in [1.165, 1.54) is 70.7 Å².